The minimum Gasteiger partial charge on any atom is -0.507 e. The molecule has 1 saturated heterocycles. The van der Waals surface area contributed by atoms with Crippen molar-refractivity contribution in [1.29, 1.82) is 0 Å². The quantitative estimate of drug-likeness (QED) is 0.282. The average Bonchev–Trinajstić information content (AvgIpc) is 3.07. The van der Waals surface area contributed by atoms with Crippen molar-refractivity contribution >= 4 is 29.1 Å². The van der Waals surface area contributed by atoms with E-state index in [1.165, 1.54) is 0 Å². The van der Waals surface area contributed by atoms with Crippen LogP contribution in [0.5, 0.6) is 5.75 Å². The first kappa shape index (κ1) is 25.8. The summed E-state index contributed by atoms with van der Waals surface area (Å²) in [5.74, 6) is -0.769. The molecule has 1 aliphatic rings. The summed E-state index contributed by atoms with van der Waals surface area (Å²) >= 11 is 5.99. The summed E-state index contributed by atoms with van der Waals surface area (Å²) in [6.45, 7) is 11.2. The minimum atomic E-state index is -0.680. The lowest BCUT2D eigenvalue weighted by atomic mass is 9.95. The van der Waals surface area contributed by atoms with Gasteiger partial charge in [-0.05, 0) is 81.9 Å². The molecule has 3 rings (SSSR count). The smallest absolute Gasteiger partial charge is 0.295 e. The second-order valence-corrected chi connectivity index (χ2v) is 9.05. The predicted octanol–water partition coefficient (Wildman–Crippen LogP) is 5.28. The van der Waals surface area contributed by atoms with Gasteiger partial charge in [0.15, 0.2) is 0 Å². The highest BCUT2D eigenvalue weighted by Gasteiger charge is 2.45. The zero-order valence-corrected chi connectivity index (χ0v) is 21.0. The van der Waals surface area contributed by atoms with Crippen molar-refractivity contribution in [3.05, 3.63) is 70.3 Å². The number of halogens is 1. The summed E-state index contributed by atoms with van der Waals surface area (Å²) in [4.78, 5) is 30.1. The van der Waals surface area contributed by atoms with Gasteiger partial charge in [-0.1, -0.05) is 37.6 Å². The molecule has 182 valence electrons. The molecule has 1 N–H and O–H groups in total. The van der Waals surface area contributed by atoms with E-state index in [1.54, 1.807) is 29.2 Å². The number of benzene rings is 2. The van der Waals surface area contributed by atoms with Crippen molar-refractivity contribution in [2.45, 2.75) is 46.3 Å². The fourth-order valence-electron chi connectivity index (χ4n) is 4.23. The number of Topliss-reactive ketones (excluding diaryl/α,β-unsaturated/α-hetero) is 1. The van der Waals surface area contributed by atoms with Gasteiger partial charge in [0.05, 0.1) is 17.7 Å². The van der Waals surface area contributed by atoms with Crippen LogP contribution in [0.3, 0.4) is 0 Å². The van der Waals surface area contributed by atoms with Crippen LogP contribution in [0.25, 0.3) is 5.76 Å². The first-order valence-electron chi connectivity index (χ1n) is 11.8. The van der Waals surface area contributed by atoms with Crippen molar-refractivity contribution in [2.24, 2.45) is 0 Å². The molecular formula is C27H33ClN2O4. The number of aliphatic hydroxyl groups is 1. The van der Waals surface area contributed by atoms with E-state index >= 15 is 0 Å². The van der Waals surface area contributed by atoms with Gasteiger partial charge in [-0.15, -0.1) is 0 Å². The standard InChI is InChI=1S/C27H33ClN2O4/c1-5-29(6-2)16-7-17-30-24(19-10-14-22(15-11-19)34-18(3)4)23(26(32)27(30)33)25(31)20-8-12-21(28)13-9-20/h8-15,18,24,31H,5-7,16-17H2,1-4H3/b25-23+/t24-/m0/s1. The van der Waals surface area contributed by atoms with Gasteiger partial charge in [-0.2, -0.15) is 0 Å². The van der Waals surface area contributed by atoms with E-state index in [-0.39, 0.29) is 17.4 Å². The van der Waals surface area contributed by atoms with Gasteiger partial charge >= 0.3 is 0 Å². The van der Waals surface area contributed by atoms with Crippen LogP contribution in [0.15, 0.2) is 54.1 Å². The van der Waals surface area contributed by atoms with E-state index in [9.17, 15) is 14.7 Å². The van der Waals surface area contributed by atoms with Crippen molar-refractivity contribution in [1.82, 2.24) is 9.80 Å². The maximum Gasteiger partial charge on any atom is 0.295 e. The molecule has 0 spiro atoms. The molecule has 1 fully saturated rings. The predicted molar refractivity (Wildman–Crippen MR) is 135 cm³/mol. The second-order valence-electron chi connectivity index (χ2n) is 8.62. The van der Waals surface area contributed by atoms with Crippen LogP contribution in [-0.2, 0) is 9.59 Å². The molecule has 2 aromatic rings. The number of rotatable bonds is 10. The Morgan fingerprint density at radius 1 is 1.06 bits per heavy atom. The zero-order chi connectivity index (χ0) is 24.8. The zero-order valence-electron chi connectivity index (χ0n) is 20.3. The van der Waals surface area contributed by atoms with Crippen molar-refractivity contribution < 1.29 is 19.4 Å². The Morgan fingerprint density at radius 2 is 1.68 bits per heavy atom. The van der Waals surface area contributed by atoms with E-state index in [2.05, 4.69) is 18.7 Å². The van der Waals surface area contributed by atoms with Gasteiger partial charge < -0.3 is 19.6 Å². The summed E-state index contributed by atoms with van der Waals surface area (Å²) in [6.07, 6.45) is 0.752. The largest absolute Gasteiger partial charge is 0.507 e. The maximum absolute atomic E-state index is 13.1. The fourth-order valence-corrected chi connectivity index (χ4v) is 4.35. The molecule has 1 heterocycles. The van der Waals surface area contributed by atoms with Crippen LogP contribution in [-0.4, -0.2) is 58.9 Å². The molecule has 0 saturated carbocycles. The van der Waals surface area contributed by atoms with Gasteiger partial charge in [-0.3, -0.25) is 9.59 Å². The van der Waals surface area contributed by atoms with Gasteiger partial charge in [0.2, 0.25) is 0 Å². The number of carbonyl (C=O) groups excluding carboxylic acids is 2. The summed E-state index contributed by atoms with van der Waals surface area (Å²) in [7, 11) is 0. The third-order valence-electron chi connectivity index (χ3n) is 5.99. The molecule has 2 aromatic carbocycles. The number of carbonyl (C=O) groups is 2. The summed E-state index contributed by atoms with van der Waals surface area (Å²) in [5, 5.41) is 11.6. The highest BCUT2D eigenvalue weighted by Crippen LogP contribution is 2.40. The van der Waals surface area contributed by atoms with Crippen LogP contribution in [0, 0.1) is 0 Å². The van der Waals surface area contributed by atoms with Gasteiger partial charge in [0.1, 0.15) is 11.5 Å². The van der Waals surface area contributed by atoms with E-state index in [1.807, 2.05) is 38.1 Å². The summed E-state index contributed by atoms with van der Waals surface area (Å²) in [5.41, 5.74) is 1.27. The van der Waals surface area contributed by atoms with E-state index in [4.69, 9.17) is 16.3 Å². The number of amides is 1. The molecule has 0 aliphatic carbocycles. The number of nitrogens with zero attached hydrogens (tertiary/aromatic N) is 2. The van der Waals surface area contributed by atoms with Crippen LogP contribution in [0.4, 0.5) is 0 Å². The van der Waals surface area contributed by atoms with Gasteiger partial charge in [0, 0.05) is 17.1 Å². The molecule has 6 nitrogen and oxygen atoms in total. The van der Waals surface area contributed by atoms with Crippen LogP contribution >= 0.6 is 11.6 Å². The Morgan fingerprint density at radius 3 is 2.24 bits per heavy atom. The Balaban J connectivity index is 2.01. The molecule has 7 heteroatoms. The molecule has 1 amide bonds. The lowest BCUT2D eigenvalue weighted by Gasteiger charge is -2.27. The highest BCUT2D eigenvalue weighted by molar-refractivity contribution is 6.46. The van der Waals surface area contributed by atoms with Crippen molar-refractivity contribution in [2.75, 3.05) is 26.2 Å². The lowest BCUT2D eigenvalue weighted by Crippen LogP contribution is -2.33. The molecule has 34 heavy (non-hydrogen) atoms. The Bertz CT molecular complexity index is 1030. The molecule has 1 aliphatic heterocycles. The SMILES string of the molecule is CCN(CC)CCCN1C(=O)C(=O)/C(=C(/O)c2ccc(Cl)cc2)[C@@H]1c1ccc(OC(C)C)cc1. The van der Waals surface area contributed by atoms with Crippen LogP contribution in [0.1, 0.15) is 51.3 Å². The number of ether oxygens (including phenoxy) is 1. The highest BCUT2D eigenvalue weighted by atomic mass is 35.5. The molecule has 0 bridgehead atoms. The average molecular weight is 485 g/mol. The minimum absolute atomic E-state index is 0.0291. The van der Waals surface area contributed by atoms with Crippen molar-refractivity contribution in [3.63, 3.8) is 0 Å². The van der Waals surface area contributed by atoms with Gasteiger partial charge in [-0.25, -0.2) is 0 Å². The Kier molecular flexibility index (Phi) is 8.75. The van der Waals surface area contributed by atoms with Gasteiger partial charge in [0.25, 0.3) is 11.7 Å². The first-order chi connectivity index (χ1) is 16.3. The Labute approximate surface area is 206 Å². The molecule has 0 radical (unpaired) electrons. The molecular weight excluding hydrogens is 452 g/mol. The Hall–Kier alpha value is -2.83. The third kappa shape index (κ3) is 5.80. The first-order valence-corrected chi connectivity index (χ1v) is 12.2. The maximum atomic E-state index is 13.1. The second kappa shape index (κ2) is 11.5. The number of ketones is 1. The van der Waals surface area contributed by atoms with Crippen LogP contribution in [0.2, 0.25) is 5.02 Å². The molecule has 0 aromatic heterocycles. The molecule has 0 unspecified atom stereocenters. The van der Waals surface area contributed by atoms with Crippen molar-refractivity contribution in [3.8, 4) is 5.75 Å². The number of hydrogen-bond acceptors (Lipinski definition) is 5. The number of likely N-dealkylation sites (tertiary alicyclic amines) is 1. The third-order valence-corrected chi connectivity index (χ3v) is 6.25. The van der Waals surface area contributed by atoms with E-state index in [0.717, 1.165) is 31.6 Å². The summed E-state index contributed by atoms with van der Waals surface area (Å²) < 4.78 is 5.74. The monoisotopic (exact) mass is 484 g/mol. The topological polar surface area (TPSA) is 70.1 Å². The fraction of sp³-hybridized carbons (Fsp3) is 0.407. The summed E-state index contributed by atoms with van der Waals surface area (Å²) in [6, 6.07) is 13.2. The molecule has 1 atom stereocenters. The van der Waals surface area contributed by atoms with E-state index in [0.29, 0.717) is 22.9 Å². The normalized spacial score (nSPS) is 17.7. The van der Waals surface area contributed by atoms with Crippen LogP contribution < -0.4 is 4.74 Å². The number of aliphatic hydroxyl groups excluding tert-OH is 1. The lowest BCUT2D eigenvalue weighted by molar-refractivity contribution is -0.140. The number of hydrogen-bond donors (Lipinski definition) is 1. The van der Waals surface area contributed by atoms with E-state index < -0.39 is 17.7 Å².